The fourth-order valence-electron chi connectivity index (χ4n) is 2.12. The van der Waals surface area contributed by atoms with Crippen LogP contribution in [0.1, 0.15) is 30.1 Å². The van der Waals surface area contributed by atoms with Crippen LogP contribution < -0.4 is 5.32 Å². The van der Waals surface area contributed by atoms with Crippen molar-refractivity contribution >= 4 is 15.9 Å². The summed E-state index contributed by atoms with van der Waals surface area (Å²) in [5.41, 5.74) is 2.00. The standard InChI is InChI=1S/C16H17BrFNO/c1-11(13-7-8-15(18)14(17)9-13)19-16(10-20)12-5-3-2-4-6-12/h2-9,11,16,19-20H,10H2,1H3. The summed E-state index contributed by atoms with van der Waals surface area (Å²) in [5.74, 6) is -0.275. The van der Waals surface area contributed by atoms with Gasteiger partial charge in [-0.25, -0.2) is 4.39 Å². The molecule has 2 aromatic rings. The Balaban J connectivity index is 2.13. The van der Waals surface area contributed by atoms with Gasteiger partial charge in [-0.05, 0) is 46.1 Å². The van der Waals surface area contributed by atoms with Gasteiger partial charge in [-0.15, -0.1) is 0 Å². The van der Waals surface area contributed by atoms with Gasteiger partial charge in [0.2, 0.25) is 0 Å². The molecule has 0 saturated carbocycles. The second-order valence-corrected chi connectivity index (χ2v) is 5.56. The first kappa shape index (κ1) is 15.2. The monoisotopic (exact) mass is 337 g/mol. The van der Waals surface area contributed by atoms with Gasteiger partial charge in [0.05, 0.1) is 17.1 Å². The highest BCUT2D eigenvalue weighted by Crippen LogP contribution is 2.23. The Hall–Kier alpha value is -1.23. The van der Waals surface area contributed by atoms with E-state index in [-0.39, 0.29) is 24.5 Å². The maximum Gasteiger partial charge on any atom is 0.137 e. The molecule has 20 heavy (non-hydrogen) atoms. The van der Waals surface area contributed by atoms with Crippen LogP contribution in [0.25, 0.3) is 0 Å². The minimum atomic E-state index is -0.275. The number of benzene rings is 2. The summed E-state index contributed by atoms with van der Waals surface area (Å²) in [5, 5.41) is 12.9. The van der Waals surface area contributed by atoms with Gasteiger partial charge in [0.15, 0.2) is 0 Å². The molecule has 2 N–H and O–H groups in total. The molecular formula is C16H17BrFNO. The molecule has 0 aromatic heterocycles. The third-order valence-corrected chi connectivity index (χ3v) is 3.89. The number of hydrogen-bond donors (Lipinski definition) is 2. The van der Waals surface area contributed by atoms with Gasteiger partial charge < -0.3 is 10.4 Å². The van der Waals surface area contributed by atoms with Crippen LogP contribution in [0.4, 0.5) is 4.39 Å². The maximum atomic E-state index is 13.2. The molecule has 0 aliphatic heterocycles. The van der Waals surface area contributed by atoms with Crippen LogP contribution in [0.5, 0.6) is 0 Å². The van der Waals surface area contributed by atoms with E-state index in [2.05, 4.69) is 21.2 Å². The van der Waals surface area contributed by atoms with Crippen LogP contribution in [0.3, 0.4) is 0 Å². The van der Waals surface area contributed by atoms with E-state index in [0.29, 0.717) is 4.47 Å². The summed E-state index contributed by atoms with van der Waals surface area (Å²) in [4.78, 5) is 0. The fraction of sp³-hybridized carbons (Fsp3) is 0.250. The average Bonchev–Trinajstić information content (AvgIpc) is 2.48. The molecule has 0 bridgehead atoms. The summed E-state index contributed by atoms with van der Waals surface area (Å²) < 4.78 is 13.7. The fourth-order valence-corrected chi connectivity index (χ4v) is 2.52. The first-order chi connectivity index (χ1) is 9.61. The molecule has 0 radical (unpaired) electrons. The molecule has 0 aliphatic rings. The number of nitrogens with one attached hydrogen (secondary N) is 1. The Morgan fingerprint density at radius 2 is 1.85 bits per heavy atom. The van der Waals surface area contributed by atoms with Gasteiger partial charge >= 0.3 is 0 Å². The van der Waals surface area contributed by atoms with E-state index in [0.717, 1.165) is 11.1 Å². The lowest BCUT2D eigenvalue weighted by atomic mass is 10.0. The number of hydrogen-bond acceptors (Lipinski definition) is 2. The highest BCUT2D eigenvalue weighted by molar-refractivity contribution is 9.10. The van der Waals surface area contributed by atoms with Crippen LogP contribution in [-0.4, -0.2) is 11.7 Å². The number of aliphatic hydroxyl groups excluding tert-OH is 1. The third kappa shape index (κ3) is 3.66. The van der Waals surface area contributed by atoms with E-state index in [1.54, 1.807) is 12.1 Å². The summed E-state index contributed by atoms with van der Waals surface area (Å²) in [6.07, 6.45) is 0. The second kappa shape index (κ2) is 6.97. The molecule has 0 fully saturated rings. The Morgan fingerprint density at radius 3 is 2.45 bits per heavy atom. The number of halogens is 2. The average molecular weight is 338 g/mol. The molecule has 2 nitrogen and oxygen atoms in total. The minimum Gasteiger partial charge on any atom is -0.394 e. The molecule has 0 spiro atoms. The van der Waals surface area contributed by atoms with Crippen molar-refractivity contribution in [2.24, 2.45) is 0 Å². The smallest absolute Gasteiger partial charge is 0.137 e. The number of aliphatic hydroxyl groups is 1. The van der Waals surface area contributed by atoms with Crippen LogP contribution in [-0.2, 0) is 0 Å². The SMILES string of the molecule is CC(NC(CO)c1ccccc1)c1ccc(F)c(Br)c1. The van der Waals surface area contributed by atoms with Gasteiger partial charge in [0.1, 0.15) is 5.82 Å². The van der Waals surface area contributed by atoms with E-state index in [1.165, 1.54) is 6.07 Å². The molecule has 0 amide bonds. The number of rotatable bonds is 5. The second-order valence-electron chi connectivity index (χ2n) is 4.71. The van der Waals surface area contributed by atoms with Gasteiger partial charge in [-0.1, -0.05) is 36.4 Å². The zero-order valence-corrected chi connectivity index (χ0v) is 12.8. The molecule has 0 heterocycles. The van der Waals surface area contributed by atoms with Crippen LogP contribution in [0, 0.1) is 5.82 Å². The molecule has 4 heteroatoms. The molecule has 2 atom stereocenters. The van der Waals surface area contributed by atoms with E-state index >= 15 is 0 Å². The van der Waals surface area contributed by atoms with Gasteiger partial charge in [-0.3, -0.25) is 0 Å². The Morgan fingerprint density at radius 1 is 1.15 bits per heavy atom. The van der Waals surface area contributed by atoms with Crippen molar-refractivity contribution in [3.05, 3.63) is 69.9 Å². The molecule has 2 aromatic carbocycles. The van der Waals surface area contributed by atoms with Gasteiger partial charge in [0.25, 0.3) is 0 Å². The predicted molar refractivity (Wildman–Crippen MR) is 81.9 cm³/mol. The van der Waals surface area contributed by atoms with Gasteiger partial charge in [-0.2, -0.15) is 0 Å². The van der Waals surface area contributed by atoms with E-state index in [4.69, 9.17) is 0 Å². The Kier molecular flexibility index (Phi) is 5.29. The lowest BCUT2D eigenvalue weighted by Gasteiger charge is -2.22. The topological polar surface area (TPSA) is 32.3 Å². The van der Waals surface area contributed by atoms with Crippen molar-refractivity contribution in [2.75, 3.05) is 6.61 Å². The summed E-state index contributed by atoms with van der Waals surface area (Å²) >= 11 is 3.19. The summed E-state index contributed by atoms with van der Waals surface area (Å²) in [7, 11) is 0. The van der Waals surface area contributed by atoms with Crippen LogP contribution in [0.15, 0.2) is 53.0 Å². The minimum absolute atomic E-state index is 0.00394. The molecule has 0 saturated heterocycles. The van der Waals surface area contributed by atoms with E-state index < -0.39 is 0 Å². The predicted octanol–water partition coefficient (Wildman–Crippen LogP) is 3.97. The van der Waals surface area contributed by atoms with Crippen molar-refractivity contribution in [3.63, 3.8) is 0 Å². The first-order valence-electron chi connectivity index (χ1n) is 6.48. The largest absolute Gasteiger partial charge is 0.394 e. The quantitative estimate of drug-likeness (QED) is 0.865. The normalized spacial score (nSPS) is 14.0. The van der Waals surface area contributed by atoms with Crippen molar-refractivity contribution < 1.29 is 9.50 Å². The van der Waals surface area contributed by atoms with E-state index in [1.807, 2.05) is 37.3 Å². The van der Waals surface area contributed by atoms with Crippen molar-refractivity contribution in [2.45, 2.75) is 19.0 Å². The van der Waals surface area contributed by atoms with Crippen molar-refractivity contribution in [3.8, 4) is 0 Å². The highest BCUT2D eigenvalue weighted by atomic mass is 79.9. The lowest BCUT2D eigenvalue weighted by Crippen LogP contribution is -2.27. The van der Waals surface area contributed by atoms with Crippen molar-refractivity contribution in [1.29, 1.82) is 0 Å². The summed E-state index contributed by atoms with van der Waals surface area (Å²) in [6.45, 7) is 2.00. The summed E-state index contributed by atoms with van der Waals surface area (Å²) in [6, 6.07) is 14.6. The lowest BCUT2D eigenvalue weighted by molar-refractivity contribution is 0.235. The Labute approximate surface area is 126 Å². The zero-order valence-electron chi connectivity index (χ0n) is 11.2. The molecule has 106 valence electrons. The molecule has 0 aliphatic carbocycles. The zero-order chi connectivity index (χ0) is 14.5. The van der Waals surface area contributed by atoms with E-state index in [9.17, 15) is 9.50 Å². The first-order valence-corrected chi connectivity index (χ1v) is 7.28. The molecule has 2 unspecified atom stereocenters. The third-order valence-electron chi connectivity index (χ3n) is 3.28. The molecule has 2 rings (SSSR count). The van der Waals surface area contributed by atoms with Crippen LogP contribution in [0.2, 0.25) is 0 Å². The molecular weight excluding hydrogens is 321 g/mol. The van der Waals surface area contributed by atoms with Crippen LogP contribution >= 0.6 is 15.9 Å². The maximum absolute atomic E-state index is 13.2. The highest BCUT2D eigenvalue weighted by Gasteiger charge is 2.15. The van der Waals surface area contributed by atoms with Gasteiger partial charge in [0, 0.05) is 6.04 Å². The Bertz CT molecular complexity index is 562. The van der Waals surface area contributed by atoms with Crippen molar-refractivity contribution in [1.82, 2.24) is 5.32 Å².